The monoisotopic (exact) mass is 290 g/mol. The molecule has 4 nitrogen and oxygen atoms in total. The summed E-state index contributed by atoms with van der Waals surface area (Å²) in [5, 5.41) is 8.23. The zero-order valence-corrected chi connectivity index (χ0v) is 12.1. The molecule has 0 bridgehead atoms. The van der Waals surface area contributed by atoms with Gasteiger partial charge in [0.05, 0.1) is 7.11 Å². The van der Waals surface area contributed by atoms with Crippen molar-refractivity contribution in [1.29, 1.82) is 0 Å². The molecule has 1 aromatic heterocycles. The van der Waals surface area contributed by atoms with Crippen LogP contribution >= 0.6 is 0 Å². The highest BCUT2D eigenvalue weighted by Gasteiger charge is 2.15. The molecule has 0 saturated carbocycles. The number of carbonyl (C=O) groups is 1. The Morgan fingerprint density at radius 3 is 2.05 bits per heavy atom. The number of esters is 1. The number of nitrogens with zero attached hydrogens (tertiary/aromatic N) is 2. The largest absolute Gasteiger partial charge is 0.464 e. The zero-order valence-electron chi connectivity index (χ0n) is 12.1. The summed E-state index contributed by atoms with van der Waals surface area (Å²) in [4.78, 5) is 11.7. The van der Waals surface area contributed by atoms with Crippen molar-refractivity contribution in [3.63, 3.8) is 0 Å². The van der Waals surface area contributed by atoms with Crippen LogP contribution < -0.4 is 0 Å². The first-order chi connectivity index (χ1) is 10.8. The molecule has 0 amide bonds. The molecule has 4 heteroatoms. The van der Waals surface area contributed by atoms with Crippen molar-refractivity contribution >= 4 is 5.97 Å². The normalized spacial score (nSPS) is 10.2. The Morgan fingerprint density at radius 1 is 0.864 bits per heavy atom. The first-order valence-corrected chi connectivity index (χ1v) is 6.86. The standard InChI is InChI=1S/C18H14N2O2/c1-22-18(21)16-12-15(13-8-4-2-5-9-13)17(20-19-16)14-10-6-3-7-11-14/h2-12H,1H3. The van der Waals surface area contributed by atoms with E-state index in [1.807, 2.05) is 60.7 Å². The third kappa shape index (κ3) is 2.72. The summed E-state index contributed by atoms with van der Waals surface area (Å²) in [6.45, 7) is 0. The minimum atomic E-state index is -0.496. The van der Waals surface area contributed by atoms with Crippen LogP contribution in [0.4, 0.5) is 0 Å². The summed E-state index contributed by atoms with van der Waals surface area (Å²) in [7, 11) is 1.33. The molecule has 0 saturated heterocycles. The van der Waals surface area contributed by atoms with Gasteiger partial charge in [-0.2, -0.15) is 0 Å². The highest BCUT2D eigenvalue weighted by Crippen LogP contribution is 2.30. The molecular formula is C18H14N2O2. The minimum Gasteiger partial charge on any atom is -0.464 e. The molecule has 3 rings (SSSR count). The second-order valence-electron chi connectivity index (χ2n) is 4.72. The van der Waals surface area contributed by atoms with Crippen LogP contribution in [0.25, 0.3) is 22.4 Å². The Labute approximate surface area is 128 Å². The third-order valence-electron chi connectivity index (χ3n) is 3.32. The van der Waals surface area contributed by atoms with Gasteiger partial charge in [0.25, 0.3) is 0 Å². The predicted molar refractivity (Wildman–Crippen MR) is 84.2 cm³/mol. The molecule has 22 heavy (non-hydrogen) atoms. The van der Waals surface area contributed by atoms with Gasteiger partial charge in [-0.1, -0.05) is 60.7 Å². The maximum Gasteiger partial charge on any atom is 0.358 e. The molecule has 0 atom stereocenters. The molecule has 1 heterocycles. The highest BCUT2D eigenvalue weighted by molar-refractivity contribution is 5.91. The smallest absolute Gasteiger partial charge is 0.358 e. The number of hydrogen-bond donors (Lipinski definition) is 0. The van der Waals surface area contributed by atoms with Gasteiger partial charge in [-0.15, -0.1) is 10.2 Å². The van der Waals surface area contributed by atoms with Gasteiger partial charge in [-0.3, -0.25) is 0 Å². The molecule has 0 fully saturated rings. The number of aromatic nitrogens is 2. The van der Waals surface area contributed by atoms with Crippen LogP contribution in [0.5, 0.6) is 0 Å². The lowest BCUT2D eigenvalue weighted by Gasteiger charge is -2.09. The fourth-order valence-corrected chi connectivity index (χ4v) is 2.24. The lowest BCUT2D eigenvalue weighted by molar-refractivity contribution is 0.0593. The molecule has 2 aromatic carbocycles. The van der Waals surface area contributed by atoms with Crippen molar-refractivity contribution in [1.82, 2.24) is 10.2 Å². The summed E-state index contributed by atoms with van der Waals surface area (Å²) in [5.41, 5.74) is 3.70. The molecule has 108 valence electrons. The number of hydrogen-bond acceptors (Lipinski definition) is 4. The number of ether oxygens (including phenoxy) is 1. The Kier molecular flexibility index (Phi) is 3.92. The second-order valence-corrected chi connectivity index (χ2v) is 4.72. The molecule has 0 radical (unpaired) electrons. The van der Waals surface area contributed by atoms with Crippen molar-refractivity contribution in [2.75, 3.05) is 7.11 Å². The second kappa shape index (κ2) is 6.18. The van der Waals surface area contributed by atoms with Crippen LogP contribution in [-0.2, 0) is 4.74 Å². The van der Waals surface area contributed by atoms with Gasteiger partial charge in [0.1, 0.15) is 5.69 Å². The lowest BCUT2D eigenvalue weighted by atomic mass is 9.99. The summed E-state index contributed by atoms with van der Waals surface area (Å²) < 4.78 is 4.73. The number of benzene rings is 2. The lowest BCUT2D eigenvalue weighted by Crippen LogP contribution is -2.07. The molecule has 0 N–H and O–H groups in total. The maximum absolute atomic E-state index is 11.7. The Balaban J connectivity index is 2.20. The Hall–Kier alpha value is -3.01. The molecule has 0 aliphatic heterocycles. The number of carbonyl (C=O) groups excluding carboxylic acids is 1. The van der Waals surface area contributed by atoms with E-state index in [4.69, 9.17) is 4.74 Å². The average Bonchev–Trinajstić information content (AvgIpc) is 2.62. The predicted octanol–water partition coefficient (Wildman–Crippen LogP) is 3.60. The quantitative estimate of drug-likeness (QED) is 0.692. The highest BCUT2D eigenvalue weighted by atomic mass is 16.5. The van der Waals surface area contributed by atoms with Crippen molar-refractivity contribution in [2.24, 2.45) is 0 Å². The molecule has 0 unspecified atom stereocenters. The van der Waals surface area contributed by atoms with Gasteiger partial charge in [0.2, 0.25) is 0 Å². The van der Waals surface area contributed by atoms with E-state index >= 15 is 0 Å². The van der Waals surface area contributed by atoms with E-state index in [1.54, 1.807) is 6.07 Å². The zero-order chi connectivity index (χ0) is 15.4. The van der Waals surface area contributed by atoms with E-state index in [9.17, 15) is 4.79 Å². The van der Waals surface area contributed by atoms with E-state index in [0.29, 0.717) is 0 Å². The van der Waals surface area contributed by atoms with Crippen LogP contribution in [0.1, 0.15) is 10.5 Å². The minimum absolute atomic E-state index is 0.195. The van der Waals surface area contributed by atoms with E-state index in [1.165, 1.54) is 7.11 Å². The first-order valence-electron chi connectivity index (χ1n) is 6.86. The summed E-state index contributed by atoms with van der Waals surface area (Å²) in [6.07, 6.45) is 0. The summed E-state index contributed by atoms with van der Waals surface area (Å²) >= 11 is 0. The van der Waals surface area contributed by atoms with E-state index in [2.05, 4.69) is 10.2 Å². The van der Waals surface area contributed by atoms with Crippen LogP contribution in [0, 0.1) is 0 Å². The van der Waals surface area contributed by atoms with Gasteiger partial charge in [-0.25, -0.2) is 4.79 Å². The van der Waals surface area contributed by atoms with Gasteiger partial charge in [-0.05, 0) is 11.6 Å². The van der Waals surface area contributed by atoms with Gasteiger partial charge in [0, 0.05) is 11.1 Å². The van der Waals surface area contributed by atoms with Crippen molar-refractivity contribution in [3.8, 4) is 22.4 Å². The summed E-state index contributed by atoms with van der Waals surface area (Å²) in [6, 6.07) is 21.3. The number of methoxy groups -OCH3 is 1. The van der Waals surface area contributed by atoms with Crippen molar-refractivity contribution < 1.29 is 9.53 Å². The van der Waals surface area contributed by atoms with Crippen LogP contribution in [-0.4, -0.2) is 23.3 Å². The topological polar surface area (TPSA) is 52.1 Å². The molecule has 0 aliphatic rings. The van der Waals surface area contributed by atoms with E-state index in [-0.39, 0.29) is 5.69 Å². The maximum atomic E-state index is 11.7. The molecular weight excluding hydrogens is 276 g/mol. The SMILES string of the molecule is COC(=O)c1cc(-c2ccccc2)c(-c2ccccc2)nn1. The van der Waals surface area contributed by atoms with Crippen LogP contribution in [0.3, 0.4) is 0 Å². The van der Waals surface area contributed by atoms with E-state index < -0.39 is 5.97 Å². The first kappa shape index (κ1) is 13.9. The molecule has 3 aromatic rings. The Bertz CT molecular complexity index is 787. The van der Waals surface area contributed by atoms with E-state index in [0.717, 1.165) is 22.4 Å². The van der Waals surface area contributed by atoms with Crippen molar-refractivity contribution in [2.45, 2.75) is 0 Å². The van der Waals surface area contributed by atoms with Crippen molar-refractivity contribution in [3.05, 3.63) is 72.4 Å². The Morgan fingerprint density at radius 2 is 1.45 bits per heavy atom. The molecule has 0 spiro atoms. The van der Waals surface area contributed by atoms with Gasteiger partial charge in [0.15, 0.2) is 5.69 Å². The van der Waals surface area contributed by atoms with Crippen LogP contribution in [0.2, 0.25) is 0 Å². The molecule has 0 aliphatic carbocycles. The number of rotatable bonds is 3. The fraction of sp³-hybridized carbons (Fsp3) is 0.0556. The van der Waals surface area contributed by atoms with Gasteiger partial charge < -0.3 is 4.74 Å². The fourth-order valence-electron chi connectivity index (χ4n) is 2.24. The van der Waals surface area contributed by atoms with Gasteiger partial charge >= 0.3 is 5.97 Å². The average molecular weight is 290 g/mol. The third-order valence-corrected chi connectivity index (χ3v) is 3.32. The van der Waals surface area contributed by atoms with Crippen LogP contribution in [0.15, 0.2) is 66.7 Å². The summed E-state index contributed by atoms with van der Waals surface area (Å²) in [5.74, 6) is -0.496.